The number of carbonyl (C=O) groups is 1. The van der Waals surface area contributed by atoms with E-state index in [-0.39, 0.29) is 5.91 Å². The maximum absolute atomic E-state index is 11.4. The molecule has 2 aliphatic rings. The molecule has 0 aromatic heterocycles. The second-order valence-electron chi connectivity index (χ2n) is 5.51. The maximum atomic E-state index is 11.4. The Kier molecular flexibility index (Phi) is 4.22. The van der Waals surface area contributed by atoms with E-state index in [1.165, 1.54) is 38.5 Å². The first kappa shape index (κ1) is 11.9. The van der Waals surface area contributed by atoms with Gasteiger partial charge in [0, 0.05) is 25.0 Å². The molecule has 2 unspecified atom stereocenters. The van der Waals surface area contributed by atoms with Crippen LogP contribution in [-0.4, -0.2) is 24.5 Å². The molecule has 2 rings (SSSR count). The minimum absolute atomic E-state index is 0.221. The van der Waals surface area contributed by atoms with Crippen molar-refractivity contribution >= 4 is 5.91 Å². The molecule has 16 heavy (non-hydrogen) atoms. The lowest BCUT2D eigenvalue weighted by molar-refractivity contribution is -0.121. The smallest absolute Gasteiger partial charge is 0.221 e. The van der Waals surface area contributed by atoms with E-state index < -0.39 is 0 Å². The molecule has 0 bridgehead atoms. The van der Waals surface area contributed by atoms with Crippen LogP contribution in [0.2, 0.25) is 0 Å². The van der Waals surface area contributed by atoms with Gasteiger partial charge in [-0.15, -0.1) is 0 Å². The van der Waals surface area contributed by atoms with Crippen LogP contribution in [0.25, 0.3) is 0 Å². The Labute approximate surface area is 98.4 Å². The van der Waals surface area contributed by atoms with Crippen molar-refractivity contribution in [3.05, 3.63) is 0 Å². The van der Waals surface area contributed by atoms with Crippen LogP contribution in [0.15, 0.2) is 0 Å². The van der Waals surface area contributed by atoms with Gasteiger partial charge in [0.2, 0.25) is 5.91 Å². The Hall–Kier alpha value is -0.570. The fourth-order valence-electron chi connectivity index (χ4n) is 2.54. The van der Waals surface area contributed by atoms with Gasteiger partial charge in [0.15, 0.2) is 0 Å². The molecule has 0 radical (unpaired) electrons. The zero-order valence-electron chi connectivity index (χ0n) is 10.3. The summed E-state index contributed by atoms with van der Waals surface area (Å²) in [6.45, 7) is 3.17. The highest BCUT2D eigenvalue weighted by Gasteiger charge is 2.23. The molecular formula is C13H24N2O. The van der Waals surface area contributed by atoms with E-state index in [0.717, 1.165) is 12.5 Å². The third-order valence-corrected chi connectivity index (χ3v) is 3.66. The van der Waals surface area contributed by atoms with Gasteiger partial charge in [-0.1, -0.05) is 19.8 Å². The Morgan fingerprint density at radius 2 is 2.00 bits per heavy atom. The second-order valence-corrected chi connectivity index (χ2v) is 5.51. The number of amides is 1. The van der Waals surface area contributed by atoms with Crippen molar-refractivity contribution in [2.75, 3.05) is 6.54 Å². The molecule has 3 nitrogen and oxygen atoms in total. The summed E-state index contributed by atoms with van der Waals surface area (Å²) in [5, 5.41) is 6.54. The fraction of sp³-hybridized carbons (Fsp3) is 0.923. The summed E-state index contributed by atoms with van der Waals surface area (Å²) in [4.78, 5) is 11.4. The quantitative estimate of drug-likeness (QED) is 0.748. The van der Waals surface area contributed by atoms with Crippen molar-refractivity contribution in [1.82, 2.24) is 10.6 Å². The van der Waals surface area contributed by atoms with Gasteiger partial charge >= 0.3 is 0 Å². The van der Waals surface area contributed by atoms with Gasteiger partial charge in [-0.3, -0.25) is 4.79 Å². The van der Waals surface area contributed by atoms with E-state index >= 15 is 0 Å². The Bertz CT molecular complexity index is 238. The van der Waals surface area contributed by atoms with Crippen molar-refractivity contribution in [2.24, 2.45) is 5.92 Å². The summed E-state index contributed by atoms with van der Waals surface area (Å²) in [6.07, 6.45) is 8.28. The molecule has 0 heterocycles. The molecule has 1 amide bonds. The van der Waals surface area contributed by atoms with Crippen molar-refractivity contribution in [3.8, 4) is 0 Å². The largest absolute Gasteiger partial charge is 0.353 e. The Morgan fingerprint density at radius 3 is 2.69 bits per heavy atom. The van der Waals surface area contributed by atoms with Gasteiger partial charge in [0.1, 0.15) is 0 Å². The molecule has 0 aliphatic heterocycles. The van der Waals surface area contributed by atoms with E-state index in [1.54, 1.807) is 0 Å². The average molecular weight is 224 g/mol. The van der Waals surface area contributed by atoms with Gasteiger partial charge in [-0.2, -0.15) is 0 Å². The zero-order chi connectivity index (χ0) is 11.4. The summed E-state index contributed by atoms with van der Waals surface area (Å²) in [5.74, 6) is 1.07. The van der Waals surface area contributed by atoms with Crippen molar-refractivity contribution in [2.45, 2.75) is 64.0 Å². The van der Waals surface area contributed by atoms with Crippen molar-refractivity contribution in [3.63, 3.8) is 0 Å². The SMILES string of the molecule is CC1CCCC(NCCC(=O)NC2CC2)C1. The Morgan fingerprint density at radius 1 is 1.19 bits per heavy atom. The summed E-state index contributed by atoms with van der Waals surface area (Å²) in [6, 6.07) is 1.15. The average Bonchev–Trinajstić information content (AvgIpc) is 3.02. The molecule has 92 valence electrons. The van der Waals surface area contributed by atoms with Crippen LogP contribution in [0.5, 0.6) is 0 Å². The van der Waals surface area contributed by atoms with Gasteiger partial charge in [0.25, 0.3) is 0 Å². The number of hydrogen-bond donors (Lipinski definition) is 2. The van der Waals surface area contributed by atoms with Crippen LogP contribution in [0.3, 0.4) is 0 Å². The molecule has 2 atom stereocenters. The molecular weight excluding hydrogens is 200 g/mol. The molecule has 2 saturated carbocycles. The minimum Gasteiger partial charge on any atom is -0.353 e. The highest BCUT2D eigenvalue weighted by molar-refractivity contribution is 5.76. The molecule has 0 aromatic carbocycles. The number of rotatable bonds is 5. The molecule has 2 N–H and O–H groups in total. The van der Waals surface area contributed by atoms with Crippen molar-refractivity contribution < 1.29 is 4.79 Å². The lowest BCUT2D eigenvalue weighted by Gasteiger charge is -2.27. The molecule has 0 saturated heterocycles. The normalized spacial score (nSPS) is 30.1. The third-order valence-electron chi connectivity index (χ3n) is 3.66. The molecule has 2 fully saturated rings. The van der Waals surface area contributed by atoms with E-state index in [1.807, 2.05) is 0 Å². The monoisotopic (exact) mass is 224 g/mol. The molecule has 3 heteroatoms. The van der Waals surface area contributed by atoms with E-state index in [2.05, 4.69) is 17.6 Å². The number of hydrogen-bond acceptors (Lipinski definition) is 2. The van der Waals surface area contributed by atoms with E-state index in [4.69, 9.17) is 0 Å². The van der Waals surface area contributed by atoms with E-state index in [0.29, 0.717) is 18.5 Å². The van der Waals surface area contributed by atoms with Crippen molar-refractivity contribution in [1.29, 1.82) is 0 Å². The lowest BCUT2D eigenvalue weighted by Crippen LogP contribution is -2.36. The summed E-state index contributed by atoms with van der Waals surface area (Å²) >= 11 is 0. The van der Waals surface area contributed by atoms with Gasteiger partial charge < -0.3 is 10.6 Å². The molecule has 0 spiro atoms. The summed E-state index contributed by atoms with van der Waals surface area (Å²) in [7, 11) is 0. The minimum atomic E-state index is 0.221. The number of nitrogens with one attached hydrogen (secondary N) is 2. The fourth-order valence-corrected chi connectivity index (χ4v) is 2.54. The van der Waals surface area contributed by atoms with Crippen LogP contribution in [-0.2, 0) is 4.79 Å². The van der Waals surface area contributed by atoms with Crippen LogP contribution in [0.4, 0.5) is 0 Å². The summed E-state index contributed by atoms with van der Waals surface area (Å²) < 4.78 is 0. The highest BCUT2D eigenvalue weighted by atomic mass is 16.1. The standard InChI is InChI=1S/C13H24N2O/c1-10-3-2-4-12(9-10)14-8-7-13(16)15-11-5-6-11/h10-12,14H,2-9H2,1H3,(H,15,16). The first-order valence-electron chi connectivity index (χ1n) is 6.77. The Balaban J connectivity index is 1.54. The van der Waals surface area contributed by atoms with Crippen LogP contribution >= 0.6 is 0 Å². The van der Waals surface area contributed by atoms with Gasteiger partial charge in [-0.05, 0) is 31.6 Å². The topological polar surface area (TPSA) is 41.1 Å². The van der Waals surface area contributed by atoms with E-state index in [9.17, 15) is 4.79 Å². The first-order chi connectivity index (χ1) is 7.74. The lowest BCUT2D eigenvalue weighted by atomic mass is 9.87. The third kappa shape index (κ3) is 4.12. The predicted octanol–water partition coefficient (Wildman–Crippen LogP) is 1.82. The predicted molar refractivity (Wildman–Crippen MR) is 65.2 cm³/mol. The van der Waals surface area contributed by atoms with Gasteiger partial charge in [-0.25, -0.2) is 0 Å². The highest BCUT2D eigenvalue weighted by Crippen LogP contribution is 2.23. The molecule has 0 aromatic rings. The van der Waals surface area contributed by atoms with Crippen LogP contribution in [0, 0.1) is 5.92 Å². The summed E-state index contributed by atoms with van der Waals surface area (Å²) in [5.41, 5.74) is 0. The zero-order valence-corrected chi connectivity index (χ0v) is 10.3. The van der Waals surface area contributed by atoms with Gasteiger partial charge in [0.05, 0.1) is 0 Å². The molecule has 2 aliphatic carbocycles. The first-order valence-corrected chi connectivity index (χ1v) is 6.77. The maximum Gasteiger partial charge on any atom is 0.221 e. The van der Waals surface area contributed by atoms with Crippen LogP contribution < -0.4 is 10.6 Å². The second kappa shape index (κ2) is 5.67. The van der Waals surface area contributed by atoms with Crippen LogP contribution in [0.1, 0.15) is 51.9 Å². The number of carbonyl (C=O) groups excluding carboxylic acids is 1.